The highest BCUT2D eigenvalue weighted by Gasteiger charge is 2.29. The Morgan fingerprint density at radius 2 is 1.86 bits per heavy atom. The van der Waals surface area contributed by atoms with Gasteiger partial charge in [-0.3, -0.25) is 4.79 Å². The van der Waals surface area contributed by atoms with E-state index in [1.807, 2.05) is 44.2 Å². The lowest BCUT2D eigenvalue weighted by atomic mass is 9.97. The number of esters is 1. The first-order valence-corrected chi connectivity index (χ1v) is 9.95. The van der Waals surface area contributed by atoms with E-state index in [2.05, 4.69) is 16.2 Å². The summed E-state index contributed by atoms with van der Waals surface area (Å²) in [6.45, 7) is 9.03. The third-order valence-electron chi connectivity index (χ3n) is 4.12. The molecule has 29 heavy (non-hydrogen) atoms. The van der Waals surface area contributed by atoms with Gasteiger partial charge < -0.3 is 4.74 Å². The maximum Gasteiger partial charge on any atom is 0.316 e. The number of thiazole rings is 1. The summed E-state index contributed by atoms with van der Waals surface area (Å²) in [6, 6.07) is 13.5. The van der Waals surface area contributed by atoms with Crippen molar-refractivity contribution < 1.29 is 9.53 Å². The van der Waals surface area contributed by atoms with Gasteiger partial charge in [-0.05, 0) is 52.8 Å². The van der Waals surface area contributed by atoms with E-state index in [-0.39, 0.29) is 11.3 Å². The molecule has 1 aromatic carbocycles. The van der Waals surface area contributed by atoms with Crippen molar-refractivity contribution in [3.05, 3.63) is 63.9 Å². The highest BCUT2D eigenvalue weighted by atomic mass is 32.1. The molecule has 3 rings (SSSR count). The van der Waals surface area contributed by atoms with E-state index in [0.29, 0.717) is 16.3 Å². The van der Waals surface area contributed by atoms with Gasteiger partial charge in [-0.2, -0.15) is 10.4 Å². The molecule has 0 aliphatic carbocycles. The maximum atomic E-state index is 12.6. The lowest BCUT2D eigenvalue weighted by Crippen LogP contribution is -2.22. The monoisotopic (exact) mass is 406 g/mol. The lowest BCUT2D eigenvalue weighted by Gasteiger charge is -2.18. The number of rotatable bonds is 4. The predicted octanol–water partition coefficient (Wildman–Crippen LogP) is 4.93. The normalized spacial score (nSPS) is 12.3. The van der Waals surface area contributed by atoms with Crippen LogP contribution in [0.3, 0.4) is 0 Å². The molecule has 148 valence electrons. The summed E-state index contributed by atoms with van der Waals surface area (Å²) in [4.78, 5) is 17.7. The number of aryl methyl sites for hydroxylation is 2. The van der Waals surface area contributed by atoms with E-state index in [4.69, 9.17) is 4.74 Å². The minimum atomic E-state index is -0.719. The molecule has 0 spiro atoms. The highest BCUT2D eigenvalue weighted by molar-refractivity contribution is 7.12. The van der Waals surface area contributed by atoms with Crippen molar-refractivity contribution in [2.45, 2.75) is 34.6 Å². The molecule has 0 amide bonds. The zero-order valence-corrected chi connectivity index (χ0v) is 17.9. The van der Waals surface area contributed by atoms with Crippen LogP contribution in [0.15, 0.2) is 42.6 Å². The van der Waals surface area contributed by atoms with Gasteiger partial charge in [0.2, 0.25) is 0 Å². The van der Waals surface area contributed by atoms with Crippen molar-refractivity contribution in [1.82, 2.24) is 14.8 Å². The van der Waals surface area contributed by atoms with Crippen LogP contribution in [0.25, 0.3) is 17.0 Å². The number of carbonyl (C=O) groups excluding carboxylic acids is 1. The molecule has 0 saturated carbocycles. The van der Waals surface area contributed by atoms with Crippen LogP contribution in [0.5, 0.6) is 0 Å². The van der Waals surface area contributed by atoms with Crippen molar-refractivity contribution in [3.8, 4) is 11.8 Å². The Bertz CT molecular complexity index is 1110. The minimum Gasteiger partial charge on any atom is -0.423 e. The number of aromatic nitrogens is 3. The summed E-state index contributed by atoms with van der Waals surface area (Å²) in [5, 5.41) is 15.3. The number of hydrogen-bond donors (Lipinski definition) is 0. The average molecular weight is 407 g/mol. The number of nitriles is 1. The Hall–Kier alpha value is -3.24. The molecular weight excluding hydrogens is 384 g/mol. The van der Waals surface area contributed by atoms with E-state index < -0.39 is 11.4 Å². The molecule has 7 heteroatoms. The van der Waals surface area contributed by atoms with Gasteiger partial charge in [0, 0.05) is 6.20 Å². The summed E-state index contributed by atoms with van der Waals surface area (Å²) in [6.07, 6.45) is 1.77. The molecule has 0 saturated heterocycles. The van der Waals surface area contributed by atoms with Crippen LogP contribution in [-0.4, -0.2) is 20.7 Å². The standard InChI is InChI=1S/C22H22N4O2S/c1-14-20(29-15(2)24-14)19(28-21(27)22(3,4)5)17(13-23)18-11-12-26(25-18)16-9-7-6-8-10-16/h6-12H,1-5H3/b19-17-. The number of allylic oxidation sites excluding steroid dienone is 1. The van der Waals surface area contributed by atoms with Crippen molar-refractivity contribution in [2.75, 3.05) is 0 Å². The van der Waals surface area contributed by atoms with Crippen LogP contribution in [0.1, 0.15) is 42.0 Å². The molecule has 0 aliphatic rings. The molecule has 0 radical (unpaired) electrons. The molecule has 2 heterocycles. The van der Waals surface area contributed by atoms with Crippen LogP contribution < -0.4 is 0 Å². The van der Waals surface area contributed by atoms with E-state index >= 15 is 0 Å². The second kappa shape index (κ2) is 8.02. The molecule has 0 fully saturated rings. The van der Waals surface area contributed by atoms with Gasteiger partial charge in [-0.15, -0.1) is 11.3 Å². The Balaban J connectivity index is 2.15. The van der Waals surface area contributed by atoms with E-state index in [1.54, 1.807) is 37.7 Å². The molecule has 0 unspecified atom stereocenters. The van der Waals surface area contributed by atoms with Gasteiger partial charge in [0.1, 0.15) is 17.3 Å². The minimum absolute atomic E-state index is 0.198. The van der Waals surface area contributed by atoms with Gasteiger partial charge in [-0.25, -0.2) is 9.67 Å². The first-order chi connectivity index (χ1) is 13.7. The molecule has 0 aliphatic heterocycles. The fourth-order valence-electron chi connectivity index (χ4n) is 2.60. The zero-order chi connectivity index (χ0) is 21.2. The fraction of sp³-hybridized carbons (Fsp3) is 0.273. The van der Waals surface area contributed by atoms with Crippen molar-refractivity contribution in [2.24, 2.45) is 5.41 Å². The van der Waals surface area contributed by atoms with Crippen LogP contribution in [0.4, 0.5) is 0 Å². The van der Waals surface area contributed by atoms with Gasteiger partial charge in [0.15, 0.2) is 5.76 Å². The van der Waals surface area contributed by atoms with E-state index in [1.165, 1.54) is 11.3 Å². The van der Waals surface area contributed by atoms with E-state index in [0.717, 1.165) is 10.7 Å². The molecule has 3 aromatic rings. The van der Waals surface area contributed by atoms with Gasteiger partial charge in [0.05, 0.1) is 26.7 Å². The van der Waals surface area contributed by atoms with Gasteiger partial charge in [0.25, 0.3) is 0 Å². The Morgan fingerprint density at radius 3 is 2.41 bits per heavy atom. The van der Waals surface area contributed by atoms with Crippen LogP contribution in [-0.2, 0) is 9.53 Å². The Kier molecular flexibility index (Phi) is 5.66. The molecular formula is C22H22N4O2S. The van der Waals surface area contributed by atoms with Crippen LogP contribution in [0.2, 0.25) is 0 Å². The van der Waals surface area contributed by atoms with Gasteiger partial charge in [-0.1, -0.05) is 18.2 Å². The summed E-state index contributed by atoms with van der Waals surface area (Å²) < 4.78 is 7.44. The first-order valence-electron chi connectivity index (χ1n) is 9.13. The maximum absolute atomic E-state index is 12.6. The SMILES string of the molecule is Cc1nc(C)c(/C(OC(=O)C(C)(C)C)=C(\C#N)c2ccn(-c3ccccc3)n2)s1. The summed E-state index contributed by atoms with van der Waals surface area (Å²) in [5.41, 5.74) is 1.49. The zero-order valence-electron chi connectivity index (χ0n) is 17.1. The number of nitrogens with zero attached hydrogens (tertiary/aromatic N) is 4. The third kappa shape index (κ3) is 4.44. The smallest absolute Gasteiger partial charge is 0.316 e. The topological polar surface area (TPSA) is 80.8 Å². The molecule has 2 aromatic heterocycles. The second-order valence-corrected chi connectivity index (χ2v) is 8.79. The largest absolute Gasteiger partial charge is 0.423 e. The van der Waals surface area contributed by atoms with Gasteiger partial charge >= 0.3 is 5.97 Å². The predicted molar refractivity (Wildman–Crippen MR) is 113 cm³/mol. The van der Waals surface area contributed by atoms with Crippen LogP contribution in [0, 0.1) is 30.6 Å². The number of para-hydroxylation sites is 1. The molecule has 0 atom stereocenters. The first kappa shape index (κ1) is 20.5. The molecule has 6 nitrogen and oxygen atoms in total. The lowest BCUT2D eigenvalue weighted by molar-refractivity contribution is -0.145. The average Bonchev–Trinajstić information content (AvgIpc) is 3.28. The number of carbonyl (C=O) groups is 1. The summed E-state index contributed by atoms with van der Waals surface area (Å²) in [7, 11) is 0. The number of benzene rings is 1. The third-order valence-corrected chi connectivity index (χ3v) is 5.19. The fourth-order valence-corrected chi connectivity index (χ4v) is 3.51. The van der Waals surface area contributed by atoms with Crippen LogP contribution >= 0.6 is 11.3 Å². The number of ether oxygens (including phenoxy) is 1. The quantitative estimate of drug-likeness (QED) is 0.349. The number of hydrogen-bond acceptors (Lipinski definition) is 6. The van der Waals surface area contributed by atoms with Crippen molar-refractivity contribution in [1.29, 1.82) is 5.26 Å². The Morgan fingerprint density at radius 1 is 1.17 bits per heavy atom. The summed E-state index contributed by atoms with van der Waals surface area (Å²) >= 11 is 1.38. The van der Waals surface area contributed by atoms with Crippen molar-refractivity contribution in [3.63, 3.8) is 0 Å². The van der Waals surface area contributed by atoms with E-state index in [9.17, 15) is 10.1 Å². The molecule has 0 N–H and O–H groups in total. The summed E-state index contributed by atoms with van der Waals surface area (Å²) in [5.74, 6) is -0.220. The van der Waals surface area contributed by atoms with Crippen molar-refractivity contribution >= 4 is 28.6 Å². The second-order valence-electron chi connectivity index (χ2n) is 7.58. The highest BCUT2D eigenvalue weighted by Crippen LogP contribution is 2.34. The molecule has 0 bridgehead atoms. The Labute approximate surface area is 174 Å².